The largest absolute Gasteiger partial charge is 0.495 e. The van der Waals surface area contributed by atoms with E-state index in [1.165, 1.54) is 25.3 Å². The van der Waals surface area contributed by atoms with Gasteiger partial charge in [0.25, 0.3) is 5.91 Å². The second-order valence-electron chi connectivity index (χ2n) is 9.15. The molecular formula is C25H31N3O5S. The van der Waals surface area contributed by atoms with Gasteiger partial charge in [0.15, 0.2) is 0 Å². The molecule has 0 saturated heterocycles. The fourth-order valence-electron chi connectivity index (χ4n) is 4.25. The molecule has 2 saturated carbocycles. The number of ether oxygens (including phenoxy) is 1. The van der Waals surface area contributed by atoms with E-state index in [-0.39, 0.29) is 40.0 Å². The number of hydrogen-bond acceptors (Lipinski definition) is 5. The highest BCUT2D eigenvalue weighted by molar-refractivity contribution is 7.89. The lowest BCUT2D eigenvalue weighted by Gasteiger charge is -2.29. The van der Waals surface area contributed by atoms with Crippen LogP contribution in [-0.2, 0) is 14.8 Å². The molecule has 9 heteroatoms. The molecule has 34 heavy (non-hydrogen) atoms. The Morgan fingerprint density at radius 2 is 1.65 bits per heavy atom. The molecule has 0 aliphatic heterocycles. The minimum absolute atomic E-state index is 0.0201. The first-order valence-electron chi connectivity index (χ1n) is 11.7. The number of amides is 2. The van der Waals surface area contributed by atoms with Gasteiger partial charge in [0, 0.05) is 28.9 Å². The molecule has 2 aromatic carbocycles. The number of carbonyl (C=O) groups excluding carboxylic acids is 2. The predicted molar refractivity (Wildman–Crippen MR) is 130 cm³/mol. The Morgan fingerprint density at radius 1 is 0.941 bits per heavy atom. The third-order valence-corrected chi connectivity index (χ3v) is 7.98. The Hall–Kier alpha value is -2.91. The number of anilines is 2. The summed E-state index contributed by atoms with van der Waals surface area (Å²) >= 11 is 0. The average Bonchev–Trinajstić information content (AvgIpc) is 3.66. The van der Waals surface area contributed by atoms with Crippen molar-refractivity contribution in [2.45, 2.75) is 56.4 Å². The van der Waals surface area contributed by atoms with Crippen molar-refractivity contribution in [3.63, 3.8) is 0 Å². The molecule has 0 aromatic heterocycles. The van der Waals surface area contributed by atoms with E-state index in [0.717, 1.165) is 38.5 Å². The predicted octanol–water partition coefficient (Wildman–Crippen LogP) is 4.15. The van der Waals surface area contributed by atoms with Gasteiger partial charge < -0.3 is 15.4 Å². The second-order valence-corrected chi connectivity index (χ2v) is 10.8. The van der Waals surface area contributed by atoms with Crippen molar-refractivity contribution in [3.8, 4) is 5.75 Å². The van der Waals surface area contributed by atoms with E-state index in [1.54, 1.807) is 24.3 Å². The van der Waals surface area contributed by atoms with Gasteiger partial charge in [0.05, 0.1) is 7.11 Å². The van der Waals surface area contributed by atoms with Crippen LogP contribution in [0.3, 0.4) is 0 Å². The molecule has 2 aliphatic carbocycles. The zero-order valence-corrected chi connectivity index (χ0v) is 20.3. The van der Waals surface area contributed by atoms with Crippen LogP contribution < -0.4 is 20.1 Å². The number of rotatable bonds is 8. The van der Waals surface area contributed by atoms with Crippen LogP contribution in [-0.4, -0.2) is 33.4 Å². The molecule has 0 spiro atoms. The van der Waals surface area contributed by atoms with Crippen LogP contribution in [0.5, 0.6) is 5.75 Å². The Bertz CT molecular complexity index is 1180. The third-order valence-electron chi connectivity index (χ3n) is 6.47. The summed E-state index contributed by atoms with van der Waals surface area (Å²) in [5, 5.41) is 5.62. The fourth-order valence-corrected chi connectivity index (χ4v) is 5.82. The van der Waals surface area contributed by atoms with Crippen LogP contribution in [0.2, 0.25) is 0 Å². The van der Waals surface area contributed by atoms with E-state index in [4.69, 9.17) is 4.74 Å². The molecule has 0 radical (unpaired) electrons. The Kier molecular flexibility index (Phi) is 7.23. The molecule has 2 aromatic rings. The molecule has 2 amide bonds. The van der Waals surface area contributed by atoms with Crippen LogP contribution >= 0.6 is 0 Å². The maximum absolute atomic E-state index is 13.2. The number of carbonyl (C=O) groups is 2. The molecule has 2 atom stereocenters. The van der Waals surface area contributed by atoms with Crippen molar-refractivity contribution in [1.82, 2.24) is 4.72 Å². The van der Waals surface area contributed by atoms with E-state index in [2.05, 4.69) is 22.3 Å². The first-order valence-corrected chi connectivity index (χ1v) is 13.2. The summed E-state index contributed by atoms with van der Waals surface area (Å²) in [5.41, 5.74) is 1.27. The minimum atomic E-state index is -3.89. The number of nitrogens with one attached hydrogen (secondary N) is 3. The molecule has 0 bridgehead atoms. The summed E-state index contributed by atoms with van der Waals surface area (Å²) in [6.45, 7) is 2.05. The lowest BCUT2D eigenvalue weighted by molar-refractivity contribution is -0.117. The van der Waals surface area contributed by atoms with Crippen molar-refractivity contribution in [2.75, 3.05) is 17.7 Å². The minimum Gasteiger partial charge on any atom is -0.495 e. The fraction of sp³-hybridized carbons (Fsp3) is 0.440. The molecule has 0 heterocycles. The summed E-state index contributed by atoms with van der Waals surface area (Å²) in [7, 11) is -2.49. The molecule has 8 nitrogen and oxygen atoms in total. The van der Waals surface area contributed by atoms with Crippen molar-refractivity contribution in [1.29, 1.82) is 0 Å². The van der Waals surface area contributed by atoms with E-state index >= 15 is 0 Å². The Balaban J connectivity index is 1.51. The molecule has 3 N–H and O–H groups in total. The molecule has 0 unspecified atom stereocenters. The molecule has 2 fully saturated rings. The molecule has 2 aliphatic rings. The third kappa shape index (κ3) is 5.77. The van der Waals surface area contributed by atoms with Gasteiger partial charge in [-0.3, -0.25) is 9.59 Å². The van der Waals surface area contributed by atoms with Gasteiger partial charge >= 0.3 is 0 Å². The van der Waals surface area contributed by atoms with Gasteiger partial charge in [0.1, 0.15) is 10.6 Å². The van der Waals surface area contributed by atoms with Crippen LogP contribution in [0, 0.1) is 11.8 Å². The van der Waals surface area contributed by atoms with Gasteiger partial charge in [-0.05, 0) is 68.0 Å². The monoisotopic (exact) mass is 485 g/mol. The van der Waals surface area contributed by atoms with Gasteiger partial charge in [0.2, 0.25) is 15.9 Å². The standard InChI is InChI=1S/C25H31N3O5S/c1-16-6-3-4-9-21(16)28-34(31,32)23-14-18(12-13-22(23)33-2)25(30)27-20-8-5-7-19(15-20)26-24(29)17-10-11-17/h5,7-8,12-17,21,28H,3-4,6,9-11H2,1-2H3,(H,26,29)(H,27,30)/t16-,21-/m0/s1. The zero-order chi connectivity index (χ0) is 24.3. The number of benzene rings is 2. The Morgan fingerprint density at radius 3 is 2.32 bits per heavy atom. The van der Waals surface area contributed by atoms with Crippen LogP contribution in [0.4, 0.5) is 11.4 Å². The SMILES string of the molecule is COc1ccc(C(=O)Nc2cccc(NC(=O)C3CC3)c2)cc1S(=O)(=O)N[C@H]1CCCC[C@@H]1C. The lowest BCUT2D eigenvalue weighted by Crippen LogP contribution is -2.41. The highest BCUT2D eigenvalue weighted by atomic mass is 32.2. The van der Waals surface area contributed by atoms with Gasteiger partial charge in [-0.25, -0.2) is 13.1 Å². The lowest BCUT2D eigenvalue weighted by atomic mass is 9.87. The van der Waals surface area contributed by atoms with E-state index in [9.17, 15) is 18.0 Å². The maximum Gasteiger partial charge on any atom is 0.255 e. The smallest absolute Gasteiger partial charge is 0.255 e. The summed E-state index contributed by atoms with van der Waals surface area (Å²) in [6, 6.07) is 11.1. The Labute approximate surface area is 200 Å². The maximum atomic E-state index is 13.2. The van der Waals surface area contributed by atoms with Crippen LogP contribution in [0.1, 0.15) is 55.8 Å². The van der Waals surface area contributed by atoms with Crippen molar-refractivity contribution < 1.29 is 22.7 Å². The van der Waals surface area contributed by atoms with E-state index in [1.807, 2.05) is 0 Å². The van der Waals surface area contributed by atoms with Crippen LogP contribution in [0.25, 0.3) is 0 Å². The van der Waals surface area contributed by atoms with Crippen molar-refractivity contribution in [2.24, 2.45) is 11.8 Å². The zero-order valence-electron chi connectivity index (χ0n) is 19.5. The summed E-state index contributed by atoms with van der Waals surface area (Å²) in [6.07, 6.45) is 5.66. The molecular weight excluding hydrogens is 454 g/mol. The highest BCUT2D eigenvalue weighted by Crippen LogP contribution is 2.31. The van der Waals surface area contributed by atoms with Crippen molar-refractivity contribution >= 4 is 33.2 Å². The highest BCUT2D eigenvalue weighted by Gasteiger charge is 2.30. The second kappa shape index (κ2) is 10.1. The molecule has 4 rings (SSSR count). The van der Waals surface area contributed by atoms with Crippen LogP contribution in [0.15, 0.2) is 47.4 Å². The van der Waals surface area contributed by atoms with Gasteiger partial charge in [-0.1, -0.05) is 25.8 Å². The number of sulfonamides is 1. The van der Waals surface area contributed by atoms with E-state index in [0.29, 0.717) is 11.4 Å². The summed E-state index contributed by atoms with van der Waals surface area (Å²) in [5.74, 6) is 0.0122. The van der Waals surface area contributed by atoms with Crippen molar-refractivity contribution in [3.05, 3.63) is 48.0 Å². The summed E-state index contributed by atoms with van der Waals surface area (Å²) < 4.78 is 34.5. The topological polar surface area (TPSA) is 114 Å². The first kappa shape index (κ1) is 24.2. The average molecular weight is 486 g/mol. The first-order chi connectivity index (χ1) is 16.3. The normalized spacial score (nSPS) is 20.4. The summed E-state index contributed by atoms with van der Waals surface area (Å²) in [4.78, 5) is 24.9. The number of hydrogen-bond donors (Lipinski definition) is 3. The van der Waals surface area contributed by atoms with Gasteiger partial charge in [-0.15, -0.1) is 0 Å². The van der Waals surface area contributed by atoms with E-state index < -0.39 is 15.9 Å². The quantitative estimate of drug-likeness (QED) is 0.520. The molecule has 182 valence electrons. The number of methoxy groups -OCH3 is 1. The van der Waals surface area contributed by atoms with Gasteiger partial charge in [-0.2, -0.15) is 0 Å².